The fraction of sp³-hybridized carbons (Fsp3) is 0.448. The van der Waals surface area contributed by atoms with E-state index in [4.69, 9.17) is 4.74 Å². The molecule has 0 unspecified atom stereocenters. The SMILES string of the molecule is C[C@@H]1CCCC[C@H]1OC(=O)N[C@](C)(Cc1c[nH]c2ccccc12)C(=O)N[C@H](CO)Cc1ccccc1. The Hall–Kier alpha value is -3.32. The molecule has 0 spiro atoms. The minimum atomic E-state index is -1.29. The van der Waals surface area contributed by atoms with Gasteiger partial charge in [-0.25, -0.2) is 4.79 Å². The molecule has 1 fully saturated rings. The van der Waals surface area contributed by atoms with Crippen LogP contribution < -0.4 is 10.6 Å². The molecule has 7 heteroatoms. The Balaban J connectivity index is 1.54. The number of aliphatic hydroxyl groups is 1. The minimum absolute atomic E-state index is 0.151. The number of alkyl carbamates (subject to hydrolysis) is 1. The Bertz CT molecular complexity index is 1160. The molecule has 1 aromatic heterocycles. The molecular formula is C29H37N3O4. The largest absolute Gasteiger partial charge is 0.446 e. The van der Waals surface area contributed by atoms with Crippen molar-refractivity contribution in [2.24, 2.45) is 5.92 Å². The first-order valence-corrected chi connectivity index (χ1v) is 12.9. The van der Waals surface area contributed by atoms with Gasteiger partial charge in [0.25, 0.3) is 0 Å². The van der Waals surface area contributed by atoms with Crippen molar-refractivity contribution in [2.45, 2.75) is 70.1 Å². The highest BCUT2D eigenvalue weighted by Crippen LogP contribution is 2.27. The zero-order valence-corrected chi connectivity index (χ0v) is 21.1. The first-order chi connectivity index (χ1) is 17.4. The molecule has 2 amide bonds. The number of H-pyrrole nitrogens is 1. The van der Waals surface area contributed by atoms with E-state index in [0.717, 1.165) is 47.7 Å². The van der Waals surface area contributed by atoms with Crippen LogP contribution in [0.4, 0.5) is 4.79 Å². The Kier molecular flexibility index (Phi) is 8.31. The summed E-state index contributed by atoms with van der Waals surface area (Å²) >= 11 is 0. The lowest BCUT2D eigenvalue weighted by Gasteiger charge is -2.33. The number of amides is 2. The minimum Gasteiger partial charge on any atom is -0.446 e. The highest BCUT2D eigenvalue weighted by atomic mass is 16.6. The third kappa shape index (κ3) is 6.26. The van der Waals surface area contributed by atoms with E-state index < -0.39 is 17.7 Å². The van der Waals surface area contributed by atoms with Gasteiger partial charge in [0.1, 0.15) is 11.6 Å². The Labute approximate surface area is 212 Å². The van der Waals surface area contributed by atoms with Crippen LogP contribution in [-0.2, 0) is 22.4 Å². The number of carbonyl (C=O) groups is 2. The average molecular weight is 492 g/mol. The highest BCUT2D eigenvalue weighted by Gasteiger charge is 2.38. The van der Waals surface area contributed by atoms with Gasteiger partial charge in [0.05, 0.1) is 12.6 Å². The summed E-state index contributed by atoms with van der Waals surface area (Å²) in [5.41, 5.74) is 1.60. The molecule has 0 bridgehead atoms. The van der Waals surface area contributed by atoms with Crippen LogP contribution in [0.25, 0.3) is 10.9 Å². The molecule has 4 atom stereocenters. The van der Waals surface area contributed by atoms with Gasteiger partial charge in [0.15, 0.2) is 0 Å². The van der Waals surface area contributed by atoms with Crippen LogP contribution in [0.5, 0.6) is 0 Å². The lowest BCUT2D eigenvalue weighted by atomic mass is 9.88. The van der Waals surface area contributed by atoms with E-state index in [1.54, 1.807) is 6.92 Å². The van der Waals surface area contributed by atoms with Gasteiger partial charge < -0.3 is 25.5 Å². The van der Waals surface area contributed by atoms with Gasteiger partial charge >= 0.3 is 6.09 Å². The Morgan fingerprint density at radius 1 is 1.11 bits per heavy atom. The summed E-state index contributed by atoms with van der Waals surface area (Å²) in [6, 6.07) is 17.1. The number of nitrogens with one attached hydrogen (secondary N) is 3. The zero-order chi connectivity index (χ0) is 25.5. The lowest BCUT2D eigenvalue weighted by Crippen LogP contribution is -2.60. The van der Waals surface area contributed by atoms with Crippen molar-refractivity contribution in [2.75, 3.05) is 6.61 Å². The van der Waals surface area contributed by atoms with Gasteiger partial charge in [-0.3, -0.25) is 4.79 Å². The van der Waals surface area contributed by atoms with Crippen molar-refractivity contribution >= 4 is 22.9 Å². The number of ether oxygens (including phenoxy) is 1. The number of aromatic amines is 1. The molecule has 4 rings (SSSR count). The van der Waals surface area contributed by atoms with E-state index in [1.165, 1.54) is 0 Å². The van der Waals surface area contributed by atoms with Crippen LogP contribution in [0.2, 0.25) is 0 Å². The molecule has 1 aliphatic rings. The summed E-state index contributed by atoms with van der Waals surface area (Å²) in [6.45, 7) is 3.60. The monoisotopic (exact) mass is 491 g/mol. The number of aromatic nitrogens is 1. The van der Waals surface area contributed by atoms with Crippen molar-refractivity contribution < 1.29 is 19.4 Å². The molecule has 192 valence electrons. The normalized spacial score (nSPS) is 20.3. The van der Waals surface area contributed by atoms with E-state index in [2.05, 4.69) is 22.5 Å². The Morgan fingerprint density at radius 2 is 1.83 bits per heavy atom. The molecule has 1 saturated carbocycles. The summed E-state index contributed by atoms with van der Waals surface area (Å²) in [5.74, 6) is -0.0701. The number of hydrogen-bond acceptors (Lipinski definition) is 4. The maximum Gasteiger partial charge on any atom is 0.408 e. The van der Waals surface area contributed by atoms with Crippen molar-refractivity contribution in [1.82, 2.24) is 15.6 Å². The number of carbonyl (C=O) groups excluding carboxylic acids is 2. The van der Waals surface area contributed by atoms with Crippen LogP contribution in [0.15, 0.2) is 60.8 Å². The quantitative estimate of drug-likeness (QED) is 0.354. The first kappa shape index (κ1) is 25.8. The topological polar surface area (TPSA) is 103 Å². The van der Waals surface area contributed by atoms with Crippen molar-refractivity contribution in [3.8, 4) is 0 Å². The van der Waals surface area contributed by atoms with E-state index in [-0.39, 0.29) is 25.0 Å². The van der Waals surface area contributed by atoms with Crippen molar-refractivity contribution in [1.29, 1.82) is 0 Å². The molecule has 0 aliphatic heterocycles. The van der Waals surface area contributed by atoms with Crippen LogP contribution >= 0.6 is 0 Å². The Morgan fingerprint density at radius 3 is 2.58 bits per heavy atom. The van der Waals surface area contributed by atoms with Crippen LogP contribution in [0.3, 0.4) is 0 Å². The van der Waals surface area contributed by atoms with Gasteiger partial charge in [0.2, 0.25) is 5.91 Å². The molecule has 0 radical (unpaired) electrons. The van der Waals surface area contributed by atoms with Crippen molar-refractivity contribution in [3.63, 3.8) is 0 Å². The molecule has 4 N–H and O–H groups in total. The van der Waals surface area contributed by atoms with Crippen LogP contribution in [0.1, 0.15) is 50.7 Å². The van der Waals surface area contributed by atoms with Gasteiger partial charge in [-0.05, 0) is 55.7 Å². The van der Waals surface area contributed by atoms with E-state index in [1.807, 2.05) is 60.8 Å². The van der Waals surface area contributed by atoms with Crippen LogP contribution in [-0.4, -0.2) is 46.4 Å². The van der Waals surface area contributed by atoms with Gasteiger partial charge in [-0.2, -0.15) is 0 Å². The molecule has 0 saturated heterocycles. The smallest absolute Gasteiger partial charge is 0.408 e. The zero-order valence-electron chi connectivity index (χ0n) is 21.1. The second kappa shape index (κ2) is 11.6. The third-order valence-electron chi connectivity index (χ3n) is 7.27. The van der Waals surface area contributed by atoms with E-state index in [9.17, 15) is 14.7 Å². The molecule has 3 aromatic rings. The maximum absolute atomic E-state index is 13.7. The second-order valence-electron chi connectivity index (χ2n) is 10.2. The number of fused-ring (bicyclic) bond motifs is 1. The number of benzene rings is 2. The van der Waals surface area contributed by atoms with Gasteiger partial charge in [-0.1, -0.05) is 61.9 Å². The predicted molar refractivity (Wildman–Crippen MR) is 141 cm³/mol. The summed E-state index contributed by atoms with van der Waals surface area (Å²) < 4.78 is 5.80. The van der Waals surface area contributed by atoms with Crippen LogP contribution in [0, 0.1) is 5.92 Å². The van der Waals surface area contributed by atoms with E-state index in [0.29, 0.717) is 12.3 Å². The van der Waals surface area contributed by atoms with Gasteiger partial charge in [-0.15, -0.1) is 0 Å². The highest BCUT2D eigenvalue weighted by molar-refractivity contribution is 5.91. The lowest BCUT2D eigenvalue weighted by molar-refractivity contribution is -0.128. The van der Waals surface area contributed by atoms with E-state index >= 15 is 0 Å². The second-order valence-corrected chi connectivity index (χ2v) is 10.2. The molecule has 1 aliphatic carbocycles. The number of hydrogen-bond donors (Lipinski definition) is 4. The third-order valence-corrected chi connectivity index (χ3v) is 7.27. The first-order valence-electron chi connectivity index (χ1n) is 12.9. The average Bonchev–Trinajstić information content (AvgIpc) is 3.28. The summed E-state index contributed by atoms with van der Waals surface area (Å²) in [6.07, 6.45) is 5.93. The standard InChI is InChI=1S/C29H37N3O4/c1-20-10-6-9-15-26(20)36-28(35)32-29(2,17-22-18-30-25-14-8-7-13-24(22)25)27(34)31-23(19-33)16-21-11-4-3-5-12-21/h3-5,7-8,11-14,18,20,23,26,30,33H,6,9-10,15-17,19H2,1-2H3,(H,31,34)(H,32,35)/t20-,23+,26-,29-/m1/s1. The summed E-state index contributed by atoms with van der Waals surface area (Å²) in [5, 5.41) is 16.8. The van der Waals surface area contributed by atoms with Crippen molar-refractivity contribution in [3.05, 3.63) is 71.9 Å². The summed E-state index contributed by atoms with van der Waals surface area (Å²) in [4.78, 5) is 30.0. The fourth-order valence-electron chi connectivity index (χ4n) is 5.09. The fourth-order valence-corrected chi connectivity index (χ4v) is 5.09. The van der Waals surface area contributed by atoms with Gasteiger partial charge in [0, 0.05) is 23.5 Å². The molecule has 7 nitrogen and oxygen atoms in total. The number of para-hydroxylation sites is 1. The molecular weight excluding hydrogens is 454 g/mol. The molecule has 1 heterocycles. The number of aliphatic hydroxyl groups excluding tert-OH is 1. The predicted octanol–water partition coefficient (Wildman–Crippen LogP) is 4.49. The maximum atomic E-state index is 13.7. The summed E-state index contributed by atoms with van der Waals surface area (Å²) in [7, 11) is 0. The molecule has 36 heavy (non-hydrogen) atoms. The number of rotatable bonds is 9. The molecule has 2 aromatic carbocycles.